The summed E-state index contributed by atoms with van der Waals surface area (Å²) in [5.41, 5.74) is 15.9. The highest BCUT2D eigenvalue weighted by molar-refractivity contribution is 6.22. The molecule has 2 aliphatic heterocycles. The molecular weight excluding hydrogens is 620 g/mol. The number of likely N-dealkylation sites (tertiary alicyclic amines) is 1. The zero-order valence-electron chi connectivity index (χ0n) is 27.7. The summed E-state index contributed by atoms with van der Waals surface area (Å²) < 4.78 is 0. The van der Waals surface area contributed by atoms with Gasteiger partial charge in [-0.1, -0.05) is 25.0 Å². The van der Waals surface area contributed by atoms with Gasteiger partial charge < -0.3 is 21.6 Å². The van der Waals surface area contributed by atoms with Gasteiger partial charge in [-0.25, -0.2) is 4.98 Å². The number of nitrogens with zero attached hydrogens (tertiary/aromatic N) is 5. The number of rotatable bonds is 16. The van der Waals surface area contributed by atoms with E-state index < -0.39 is 23.8 Å². The molecular formula is C37H44N8O4. The number of anilines is 1. The highest BCUT2D eigenvalue weighted by atomic mass is 16.2. The SMILES string of the molecule is NC=C(C=NC1CCN(C2(CCCCCNc3ccc4c(c3)C(=O)N(C(C=O)CCC(N)=O)C4=O)CC2)CC1)c1cnc2ccccc2n1. The second kappa shape index (κ2) is 15.1. The van der Waals surface area contributed by atoms with Crippen molar-refractivity contribution in [2.45, 2.75) is 81.8 Å². The summed E-state index contributed by atoms with van der Waals surface area (Å²) in [6.45, 7) is 2.86. The first kappa shape index (κ1) is 33.9. The molecule has 49 heavy (non-hydrogen) atoms. The molecule has 3 aromatic rings. The topological polar surface area (TPSA) is 177 Å². The molecule has 256 valence electrons. The molecule has 1 saturated carbocycles. The molecule has 3 heterocycles. The number of aliphatic imine (C=N–C) groups is 1. The van der Waals surface area contributed by atoms with E-state index in [-0.39, 0.29) is 30.0 Å². The Morgan fingerprint density at radius 2 is 1.80 bits per heavy atom. The first-order valence-electron chi connectivity index (χ1n) is 17.2. The first-order valence-corrected chi connectivity index (χ1v) is 17.2. The maximum Gasteiger partial charge on any atom is 0.262 e. The number of carbonyl (C=O) groups is 4. The van der Waals surface area contributed by atoms with E-state index in [9.17, 15) is 19.2 Å². The van der Waals surface area contributed by atoms with E-state index in [1.54, 1.807) is 30.6 Å². The summed E-state index contributed by atoms with van der Waals surface area (Å²) >= 11 is 0. The number of nitrogens with two attached hydrogens (primary N) is 2. The van der Waals surface area contributed by atoms with Gasteiger partial charge in [0.25, 0.3) is 11.8 Å². The summed E-state index contributed by atoms with van der Waals surface area (Å²) in [5, 5.41) is 3.38. The molecule has 12 heteroatoms. The number of primary amides is 1. The lowest BCUT2D eigenvalue weighted by molar-refractivity contribution is -0.118. The monoisotopic (exact) mass is 664 g/mol. The van der Waals surface area contributed by atoms with Crippen LogP contribution in [0.3, 0.4) is 0 Å². The van der Waals surface area contributed by atoms with Crippen molar-refractivity contribution in [3.63, 3.8) is 0 Å². The zero-order valence-corrected chi connectivity index (χ0v) is 27.7. The fraction of sp³-hybridized carbons (Fsp3) is 0.432. The Morgan fingerprint density at radius 3 is 2.51 bits per heavy atom. The van der Waals surface area contributed by atoms with Crippen molar-refractivity contribution in [3.05, 3.63) is 71.7 Å². The lowest BCUT2D eigenvalue weighted by Gasteiger charge is -2.37. The van der Waals surface area contributed by atoms with Crippen molar-refractivity contribution >= 4 is 52.5 Å². The molecule has 3 amide bonds. The second-order valence-electron chi connectivity index (χ2n) is 13.3. The number of carbonyl (C=O) groups excluding carboxylic acids is 4. The Balaban J connectivity index is 0.913. The molecule has 1 saturated heterocycles. The molecule has 1 aliphatic carbocycles. The van der Waals surface area contributed by atoms with Crippen LogP contribution < -0.4 is 16.8 Å². The summed E-state index contributed by atoms with van der Waals surface area (Å²) in [4.78, 5) is 66.3. The highest BCUT2D eigenvalue weighted by Gasteiger charge is 2.47. The molecule has 1 atom stereocenters. The van der Waals surface area contributed by atoms with Crippen LogP contribution in [0.1, 0.15) is 90.6 Å². The predicted octanol–water partition coefficient (Wildman–Crippen LogP) is 4.10. The van der Waals surface area contributed by atoms with Crippen molar-refractivity contribution in [3.8, 4) is 0 Å². The summed E-state index contributed by atoms with van der Waals surface area (Å²) in [5.74, 6) is -1.64. The quantitative estimate of drug-likeness (QED) is 0.0881. The van der Waals surface area contributed by atoms with Crippen LogP contribution in [0.2, 0.25) is 0 Å². The molecule has 0 bridgehead atoms. The van der Waals surface area contributed by atoms with Crippen LogP contribution in [0.15, 0.2) is 59.9 Å². The van der Waals surface area contributed by atoms with Crippen LogP contribution in [-0.2, 0) is 9.59 Å². The summed E-state index contributed by atoms with van der Waals surface area (Å²) in [7, 11) is 0. The number of nitrogens with one attached hydrogen (secondary N) is 1. The van der Waals surface area contributed by atoms with Gasteiger partial charge in [0.1, 0.15) is 6.29 Å². The van der Waals surface area contributed by atoms with Gasteiger partial charge in [-0.3, -0.25) is 34.2 Å². The molecule has 0 radical (unpaired) electrons. The van der Waals surface area contributed by atoms with E-state index in [1.807, 2.05) is 30.5 Å². The third-order valence-corrected chi connectivity index (χ3v) is 10.1. The smallest absolute Gasteiger partial charge is 0.262 e. The minimum atomic E-state index is -1.02. The maximum absolute atomic E-state index is 13.0. The average Bonchev–Trinajstić information content (AvgIpc) is 3.87. The lowest BCUT2D eigenvalue weighted by atomic mass is 9.99. The van der Waals surface area contributed by atoms with Crippen molar-refractivity contribution < 1.29 is 19.2 Å². The number of piperidine rings is 1. The van der Waals surface area contributed by atoms with Crippen LogP contribution in [0.25, 0.3) is 16.6 Å². The first-order chi connectivity index (χ1) is 23.8. The van der Waals surface area contributed by atoms with Crippen molar-refractivity contribution in [1.82, 2.24) is 19.8 Å². The van der Waals surface area contributed by atoms with Gasteiger partial charge in [-0.2, -0.15) is 0 Å². The van der Waals surface area contributed by atoms with Crippen molar-refractivity contribution in [2.24, 2.45) is 16.5 Å². The Hall–Kier alpha value is -4.97. The minimum absolute atomic E-state index is 0.0149. The number of fused-ring (bicyclic) bond motifs is 2. The van der Waals surface area contributed by atoms with Crippen molar-refractivity contribution in [1.29, 1.82) is 0 Å². The molecule has 1 aromatic heterocycles. The lowest BCUT2D eigenvalue weighted by Crippen LogP contribution is -2.44. The molecule has 0 spiro atoms. The molecule has 2 fully saturated rings. The third kappa shape index (κ3) is 7.69. The average molecular weight is 665 g/mol. The largest absolute Gasteiger partial charge is 0.404 e. The number of aromatic nitrogens is 2. The van der Waals surface area contributed by atoms with Crippen molar-refractivity contribution in [2.75, 3.05) is 25.0 Å². The number of para-hydroxylation sites is 2. The fourth-order valence-electron chi connectivity index (χ4n) is 7.04. The van der Waals surface area contributed by atoms with E-state index in [4.69, 9.17) is 21.4 Å². The number of unbranched alkanes of at least 4 members (excludes halogenated alkanes) is 2. The minimum Gasteiger partial charge on any atom is -0.404 e. The van der Waals surface area contributed by atoms with Crippen LogP contribution in [0.4, 0.5) is 5.69 Å². The van der Waals surface area contributed by atoms with Crippen LogP contribution in [0, 0.1) is 0 Å². The maximum atomic E-state index is 13.0. The highest BCUT2D eigenvalue weighted by Crippen LogP contribution is 2.47. The van der Waals surface area contributed by atoms with Gasteiger partial charge in [-0.05, 0) is 75.3 Å². The van der Waals surface area contributed by atoms with Gasteiger partial charge in [0.05, 0.1) is 46.1 Å². The van der Waals surface area contributed by atoms with E-state index in [2.05, 4.69) is 15.2 Å². The normalized spacial score (nSPS) is 18.6. The molecule has 2 aromatic carbocycles. The Bertz CT molecular complexity index is 1780. The standard InChI is InChI=1S/C37H44N8O4/c38-21-25(33-23-42-31-6-2-3-7-32(31)43-33)22-41-26-12-18-44(19-13-26)37(15-16-37)14-4-1-5-17-40-27-8-10-29-30(20-27)36(49)45(35(29)48)28(24-46)9-11-34(39)47/h2-3,6-8,10,20-24,26,28,40H,1,4-5,9,11-19,38H2,(H2,39,47). The zero-order chi connectivity index (χ0) is 34.4. The number of amides is 3. The number of allylic oxidation sites excluding steroid dienone is 1. The van der Waals surface area contributed by atoms with E-state index in [0.717, 1.165) is 84.6 Å². The summed E-state index contributed by atoms with van der Waals surface area (Å²) in [6, 6.07) is 12.1. The second-order valence-corrected chi connectivity index (χ2v) is 13.3. The summed E-state index contributed by atoms with van der Waals surface area (Å²) in [6.07, 6.45) is 14.6. The Labute approximate surface area is 286 Å². The number of benzene rings is 2. The molecule has 6 rings (SSSR count). The van der Waals surface area contributed by atoms with E-state index in [0.29, 0.717) is 11.8 Å². The van der Waals surface area contributed by atoms with E-state index in [1.165, 1.54) is 19.3 Å². The van der Waals surface area contributed by atoms with Gasteiger partial charge in [0.15, 0.2) is 0 Å². The van der Waals surface area contributed by atoms with Gasteiger partial charge in [-0.15, -0.1) is 0 Å². The Kier molecular flexibility index (Phi) is 10.4. The van der Waals surface area contributed by atoms with Crippen LogP contribution in [-0.4, -0.2) is 87.2 Å². The molecule has 5 N–H and O–H groups in total. The number of hydrogen-bond donors (Lipinski definition) is 3. The van der Waals surface area contributed by atoms with Gasteiger partial charge in [0.2, 0.25) is 5.91 Å². The number of hydrogen-bond acceptors (Lipinski definition) is 10. The fourth-order valence-corrected chi connectivity index (χ4v) is 7.04. The van der Waals surface area contributed by atoms with Gasteiger partial charge >= 0.3 is 0 Å². The molecule has 12 nitrogen and oxygen atoms in total. The van der Waals surface area contributed by atoms with E-state index >= 15 is 0 Å². The molecule has 3 aliphatic rings. The number of imide groups is 1. The molecule has 1 unspecified atom stereocenters. The van der Waals surface area contributed by atoms with Crippen LogP contribution in [0.5, 0.6) is 0 Å². The third-order valence-electron chi connectivity index (χ3n) is 10.1. The predicted molar refractivity (Wildman–Crippen MR) is 189 cm³/mol. The number of aldehydes is 1. The van der Waals surface area contributed by atoms with Gasteiger partial charge in [0, 0.05) is 55.3 Å². The van der Waals surface area contributed by atoms with Crippen LogP contribution >= 0.6 is 0 Å². The Morgan fingerprint density at radius 1 is 1.04 bits per heavy atom.